The molecule has 0 bridgehead atoms. The van der Waals surface area contributed by atoms with Crippen LogP contribution in [0.25, 0.3) is 0 Å². The van der Waals surface area contributed by atoms with Gasteiger partial charge in [-0.15, -0.1) is 0 Å². The van der Waals surface area contributed by atoms with E-state index in [1.165, 1.54) is 6.42 Å². The molecule has 1 unspecified atom stereocenters. The second-order valence-electron chi connectivity index (χ2n) is 4.95. The SMILES string of the molecule is O=C(c1ccco1)N1CCN(C2CCNC2)CC1. The topological polar surface area (TPSA) is 48.7 Å². The molecule has 0 aliphatic carbocycles. The van der Waals surface area contributed by atoms with Crippen LogP contribution in [0, 0.1) is 0 Å². The first-order chi connectivity index (χ1) is 8.84. The average Bonchev–Trinajstić information content (AvgIpc) is 3.11. The molecule has 1 aromatic heterocycles. The van der Waals surface area contributed by atoms with Gasteiger partial charge in [-0.25, -0.2) is 0 Å². The molecule has 18 heavy (non-hydrogen) atoms. The molecule has 1 N–H and O–H groups in total. The molecule has 98 valence electrons. The third-order valence-electron chi connectivity index (χ3n) is 3.88. The van der Waals surface area contributed by atoms with Gasteiger partial charge in [-0.2, -0.15) is 0 Å². The van der Waals surface area contributed by atoms with E-state index in [1.54, 1.807) is 18.4 Å². The molecule has 0 radical (unpaired) electrons. The largest absolute Gasteiger partial charge is 0.459 e. The van der Waals surface area contributed by atoms with Crippen LogP contribution in [-0.2, 0) is 0 Å². The lowest BCUT2D eigenvalue weighted by atomic mass is 10.2. The Balaban J connectivity index is 1.55. The fraction of sp³-hybridized carbons (Fsp3) is 0.615. The lowest BCUT2D eigenvalue weighted by Gasteiger charge is -2.37. The first-order valence-electron chi connectivity index (χ1n) is 6.62. The second-order valence-corrected chi connectivity index (χ2v) is 4.95. The maximum atomic E-state index is 12.1. The lowest BCUT2D eigenvalue weighted by Crippen LogP contribution is -2.52. The summed E-state index contributed by atoms with van der Waals surface area (Å²) in [5, 5.41) is 3.39. The molecule has 0 aromatic carbocycles. The van der Waals surface area contributed by atoms with Crippen LogP contribution in [0.15, 0.2) is 22.8 Å². The molecule has 3 heterocycles. The van der Waals surface area contributed by atoms with E-state index in [-0.39, 0.29) is 5.91 Å². The first kappa shape index (κ1) is 11.7. The zero-order chi connectivity index (χ0) is 12.4. The van der Waals surface area contributed by atoms with Crippen molar-refractivity contribution in [2.24, 2.45) is 0 Å². The highest BCUT2D eigenvalue weighted by atomic mass is 16.3. The summed E-state index contributed by atoms with van der Waals surface area (Å²) in [6, 6.07) is 4.15. The summed E-state index contributed by atoms with van der Waals surface area (Å²) in [6.45, 7) is 5.76. The van der Waals surface area contributed by atoms with Gasteiger partial charge in [0.15, 0.2) is 5.76 Å². The van der Waals surface area contributed by atoms with Crippen LogP contribution in [0.1, 0.15) is 17.0 Å². The second kappa shape index (κ2) is 5.12. The Hall–Kier alpha value is -1.33. The van der Waals surface area contributed by atoms with Crippen LogP contribution in [0.4, 0.5) is 0 Å². The van der Waals surface area contributed by atoms with Gasteiger partial charge in [0.05, 0.1) is 6.26 Å². The number of nitrogens with zero attached hydrogens (tertiary/aromatic N) is 2. The van der Waals surface area contributed by atoms with E-state index in [0.29, 0.717) is 11.8 Å². The van der Waals surface area contributed by atoms with Crippen molar-refractivity contribution < 1.29 is 9.21 Å². The molecule has 5 nitrogen and oxygen atoms in total. The number of piperazine rings is 1. The van der Waals surface area contributed by atoms with Crippen molar-refractivity contribution in [3.63, 3.8) is 0 Å². The molecule has 0 saturated carbocycles. The monoisotopic (exact) mass is 249 g/mol. The fourth-order valence-corrected chi connectivity index (χ4v) is 2.80. The third-order valence-corrected chi connectivity index (χ3v) is 3.88. The molecular weight excluding hydrogens is 230 g/mol. The van der Waals surface area contributed by atoms with Crippen LogP contribution in [-0.4, -0.2) is 61.0 Å². The zero-order valence-corrected chi connectivity index (χ0v) is 10.5. The number of amides is 1. The van der Waals surface area contributed by atoms with Crippen molar-refractivity contribution >= 4 is 5.91 Å². The van der Waals surface area contributed by atoms with Crippen molar-refractivity contribution in [3.05, 3.63) is 24.2 Å². The number of nitrogens with one attached hydrogen (secondary N) is 1. The van der Waals surface area contributed by atoms with Gasteiger partial charge in [-0.1, -0.05) is 0 Å². The fourth-order valence-electron chi connectivity index (χ4n) is 2.80. The van der Waals surface area contributed by atoms with Gasteiger partial charge in [-0.3, -0.25) is 9.69 Å². The van der Waals surface area contributed by atoms with Crippen molar-refractivity contribution in [2.45, 2.75) is 12.5 Å². The molecule has 1 atom stereocenters. The Bertz CT molecular complexity index is 390. The molecule has 2 aliphatic heterocycles. The van der Waals surface area contributed by atoms with E-state index in [0.717, 1.165) is 39.3 Å². The normalized spacial score (nSPS) is 25.6. The van der Waals surface area contributed by atoms with E-state index in [4.69, 9.17) is 4.42 Å². The predicted octanol–water partition coefficient (Wildman–Crippen LogP) is 0.399. The van der Waals surface area contributed by atoms with Gasteiger partial charge in [-0.05, 0) is 25.1 Å². The number of carbonyl (C=O) groups is 1. The van der Waals surface area contributed by atoms with Crippen LogP contribution in [0.3, 0.4) is 0 Å². The van der Waals surface area contributed by atoms with E-state index in [2.05, 4.69) is 10.2 Å². The van der Waals surface area contributed by atoms with Crippen LogP contribution in [0.5, 0.6) is 0 Å². The van der Waals surface area contributed by atoms with Crippen LogP contribution in [0.2, 0.25) is 0 Å². The number of hydrogen-bond donors (Lipinski definition) is 1. The quantitative estimate of drug-likeness (QED) is 0.824. The van der Waals surface area contributed by atoms with Crippen LogP contribution < -0.4 is 5.32 Å². The van der Waals surface area contributed by atoms with Crippen molar-refractivity contribution in [2.75, 3.05) is 39.3 Å². The zero-order valence-electron chi connectivity index (χ0n) is 10.5. The molecule has 3 rings (SSSR count). The van der Waals surface area contributed by atoms with E-state index >= 15 is 0 Å². The van der Waals surface area contributed by atoms with Crippen molar-refractivity contribution in [3.8, 4) is 0 Å². The summed E-state index contributed by atoms with van der Waals surface area (Å²) >= 11 is 0. The highest BCUT2D eigenvalue weighted by Gasteiger charge is 2.28. The summed E-state index contributed by atoms with van der Waals surface area (Å²) in [6.07, 6.45) is 2.78. The number of furan rings is 1. The van der Waals surface area contributed by atoms with E-state index in [9.17, 15) is 4.79 Å². The minimum absolute atomic E-state index is 0.0178. The summed E-state index contributed by atoms with van der Waals surface area (Å²) in [5.41, 5.74) is 0. The van der Waals surface area contributed by atoms with Gasteiger partial charge in [0.2, 0.25) is 0 Å². The van der Waals surface area contributed by atoms with Gasteiger partial charge in [0, 0.05) is 38.8 Å². The maximum Gasteiger partial charge on any atom is 0.289 e. The molecule has 2 saturated heterocycles. The summed E-state index contributed by atoms with van der Waals surface area (Å²) < 4.78 is 5.16. The van der Waals surface area contributed by atoms with Gasteiger partial charge in [0.25, 0.3) is 5.91 Å². The minimum Gasteiger partial charge on any atom is -0.459 e. The molecule has 1 aromatic rings. The Morgan fingerprint density at radius 2 is 2.17 bits per heavy atom. The molecule has 1 amide bonds. The standard InChI is InChI=1S/C13H19N3O2/c17-13(12-2-1-9-18-12)16-7-5-15(6-8-16)11-3-4-14-10-11/h1-2,9,11,14H,3-8,10H2. The average molecular weight is 249 g/mol. The Kier molecular flexibility index (Phi) is 3.34. The summed E-state index contributed by atoms with van der Waals surface area (Å²) in [5.74, 6) is 0.468. The van der Waals surface area contributed by atoms with Crippen LogP contribution >= 0.6 is 0 Å². The molecule has 2 fully saturated rings. The molecule has 2 aliphatic rings. The Morgan fingerprint density at radius 3 is 2.78 bits per heavy atom. The molecule has 0 spiro atoms. The predicted molar refractivity (Wildman–Crippen MR) is 67.5 cm³/mol. The van der Waals surface area contributed by atoms with Crippen molar-refractivity contribution in [1.29, 1.82) is 0 Å². The van der Waals surface area contributed by atoms with Gasteiger partial charge < -0.3 is 14.6 Å². The molecular formula is C13H19N3O2. The smallest absolute Gasteiger partial charge is 0.289 e. The molecule has 5 heteroatoms. The minimum atomic E-state index is 0.0178. The summed E-state index contributed by atoms with van der Waals surface area (Å²) in [4.78, 5) is 16.5. The van der Waals surface area contributed by atoms with Crippen molar-refractivity contribution in [1.82, 2.24) is 15.1 Å². The highest BCUT2D eigenvalue weighted by molar-refractivity contribution is 5.91. The Morgan fingerprint density at radius 1 is 1.33 bits per heavy atom. The number of rotatable bonds is 2. The third kappa shape index (κ3) is 2.28. The lowest BCUT2D eigenvalue weighted by molar-refractivity contribution is 0.0555. The number of carbonyl (C=O) groups excluding carboxylic acids is 1. The number of hydrogen-bond acceptors (Lipinski definition) is 4. The summed E-state index contributed by atoms with van der Waals surface area (Å²) in [7, 11) is 0. The first-order valence-corrected chi connectivity index (χ1v) is 6.62. The maximum absolute atomic E-state index is 12.1. The highest BCUT2D eigenvalue weighted by Crippen LogP contribution is 2.14. The van der Waals surface area contributed by atoms with Gasteiger partial charge >= 0.3 is 0 Å². The van der Waals surface area contributed by atoms with E-state index in [1.807, 2.05) is 4.90 Å². The van der Waals surface area contributed by atoms with E-state index < -0.39 is 0 Å². The van der Waals surface area contributed by atoms with Gasteiger partial charge in [0.1, 0.15) is 0 Å². The Labute approximate surface area is 107 Å².